The molecule has 0 saturated heterocycles. The molecular formula is C35H36O2. The van der Waals surface area contributed by atoms with E-state index in [1.807, 2.05) is 12.3 Å². The fourth-order valence-corrected chi connectivity index (χ4v) is 7.23. The number of allylic oxidation sites excluding steroid dienone is 3. The van der Waals surface area contributed by atoms with Crippen LogP contribution in [-0.2, 0) is 5.41 Å². The molecule has 4 aromatic rings. The average molecular weight is 489 g/mol. The molecule has 2 heteroatoms. The smallest absolute Gasteiger partial charge is 0.142 e. The van der Waals surface area contributed by atoms with Gasteiger partial charge < -0.3 is 9.15 Å². The van der Waals surface area contributed by atoms with Crippen molar-refractivity contribution in [1.82, 2.24) is 0 Å². The number of hydrogen-bond donors (Lipinski definition) is 0. The third kappa shape index (κ3) is 2.76. The van der Waals surface area contributed by atoms with Gasteiger partial charge >= 0.3 is 0 Å². The fraction of sp³-hybridized carbons (Fsp3) is 0.314. The number of benzene rings is 3. The molecule has 0 unspecified atom stereocenters. The summed E-state index contributed by atoms with van der Waals surface area (Å²) in [6.45, 7) is 23.0. The maximum absolute atomic E-state index is 6.34. The number of hydrogen-bond acceptors (Lipinski definition) is 2. The summed E-state index contributed by atoms with van der Waals surface area (Å²) in [6.07, 6.45) is 6.01. The van der Waals surface area contributed by atoms with Gasteiger partial charge in [0.05, 0.1) is 23.3 Å². The van der Waals surface area contributed by atoms with E-state index in [1.54, 1.807) is 6.26 Å². The average Bonchev–Trinajstić information content (AvgIpc) is 3.36. The minimum absolute atomic E-state index is 0.497. The monoisotopic (exact) mass is 488 g/mol. The third-order valence-electron chi connectivity index (χ3n) is 9.99. The quantitative estimate of drug-likeness (QED) is 0.246. The molecule has 3 aromatic carbocycles. The third-order valence-corrected chi connectivity index (χ3v) is 9.99. The molecule has 6 rings (SSSR count). The summed E-state index contributed by atoms with van der Waals surface area (Å²) in [5.41, 5.74) is 20.8. The van der Waals surface area contributed by atoms with E-state index in [9.17, 15) is 0 Å². The molecule has 37 heavy (non-hydrogen) atoms. The van der Waals surface area contributed by atoms with Crippen molar-refractivity contribution in [2.24, 2.45) is 0 Å². The fourth-order valence-electron chi connectivity index (χ4n) is 7.23. The maximum Gasteiger partial charge on any atom is 0.142 e. The SMILES string of the molecule is CC1=C(C)c2c(C)c(C)c(C)c(C)c2C2(C=COc3c2ccc2occc32)c2c(C)c(C)c(C)c(C)c21. The Kier molecular flexibility index (Phi) is 4.99. The summed E-state index contributed by atoms with van der Waals surface area (Å²) in [7, 11) is 0. The molecule has 2 heterocycles. The summed E-state index contributed by atoms with van der Waals surface area (Å²) in [5.74, 6) is 0.897. The minimum atomic E-state index is -0.497. The Labute approximate surface area is 220 Å². The van der Waals surface area contributed by atoms with Crippen molar-refractivity contribution in [2.75, 3.05) is 0 Å². The first-order chi connectivity index (χ1) is 17.5. The molecule has 0 radical (unpaired) electrons. The van der Waals surface area contributed by atoms with E-state index < -0.39 is 5.41 Å². The molecule has 0 atom stereocenters. The first kappa shape index (κ1) is 23.9. The summed E-state index contributed by atoms with van der Waals surface area (Å²) in [6, 6.07) is 6.38. The molecule has 0 N–H and O–H groups in total. The van der Waals surface area contributed by atoms with Gasteiger partial charge in [0.2, 0.25) is 0 Å². The van der Waals surface area contributed by atoms with E-state index in [0.29, 0.717) is 0 Å². The second-order valence-electron chi connectivity index (χ2n) is 11.3. The van der Waals surface area contributed by atoms with Crippen molar-refractivity contribution in [3.05, 3.63) is 109 Å². The van der Waals surface area contributed by atoms with E-state index >= 15 is 0 Å². The van der Waals surface area contributed by atoms with Gasteiger partial charge in [-0.2, -0.15) is 0 Å². The zero-order valence-corrected chi connectivity index (χ0v) is 23.8. The van der Waals surface area contributed by atoms with Crippen LogP contribution < -0.4 is 4.74 Å². The zero-order chi connectivity index (χ0) is 26.5. The molecule has 2 aliphatic rings. The predicted octanol–water partition coefficient (Wildman–Crippen LogP) is 9.40. The van der Waals surface area contributed by atoms with E-state index in [-0.39, 0.29) is 0 Å². The highest BCUT2D eigenvalue weighted by atomic mass is 16.5. The second kappa shape index (κ2) is 7.74. The normalized spacial score (nSPS) is 15.5. The standard InChI is InChI=1S/C35H36O2/c1-17-19(3)25(9)32-30(21(17)5)23(7)24(8)31-22(6)18(2)20(4)26(10)33(31)35(32)14-16-37-34-27-13-15-36-29(27)12-11-28(34)35/h11-16H,1-10H3. The first-order valence-corrected chi connectivity index (χ1v) is 13.3. The Bertz CT molecular complexity index is 1660. The van der Waals surface area contributed by atoms with E-state index in [2.05, 4.69) is 87.4 Å². The lowest BCUT2D eigenvalue weighted by atomic mass is 9.62. The van der Waals surface area contributed by atoms with Crippen LogP contribution in [0, 0.1) is 55.4 Å². The number of ether oxygens (including phenoxy) is 1. The molecule has 0 fully saturated rings. The molecular weight excluding hydrogens is 452 g/mol. The van der Waals surface area contributed by atoms with Gasteiger partial charge in [-0.05, 0) is 171 Å². The lowest BCUT2D eigenvalue weighted by Crippen LogP contribution is -2.34. The maximum atomic E-state index is 6.34. The van der Waals surface area contributed by atoms with Crippen LogP contribution in [0.5, 0.6) is 5.75 Å². The van der Waals surface area contributed by atoms with Crippen LogP contribution in [0.2, 0.25) is 0 Å². The largest absolute Gasteiger partial charge is 0.464 e. The van der Waals surface area contributed by atoms with Gasteiger partial charge in [0.25, 0.3) is 0 Å². The van der Waals surface area contributed by atoms with Gasteiger partial charge in [0.1, 0.15) is 11.3 Å². The lowest BCUT2D eigenvalue weighted by Gasteiger charge is -2.41. The Balaban J connectivity index is 1.97. The zero-order valence-electron chi connectivity index (χ0n) is 23.8. The highest BCUT2D eigenvalue weighted by molar-refractivity contribution is 5.99. The van der Waals surface area contributed by atoms with Crippen molar-refractivity contribution in [3.63, 3.8) is 0 Å². The van der Waals surface area contributed by atoms with Crippen molar-refractivity contribution in [2.45, 2.75) is 74.7 Å². The predicted molar refractivity (Wildman–Crippen MR) is 155 cm³/mol. The van der Waals surface area contributed by atoms with Crippen molar-refractivity contribution in [1.29, 1.82) is 0 Å². The number of furan rings is 1. The molecule has 2 nitrogen and oxygen atoms in total. The van der Waals surface area contributed by atoms with E-state index in [1.165, 1.54) is 83.5 Å². The number of fused-ring (bicyclic) bond motifs is 8. The van der Waals surface area contributed by atoms with Crippen molar-refractivity contribution in [3.8, 4) is 5.75 Å². The molecule has 0 saturated carbocycles. The second-order valence-corrected chi connectivity index (χ2v) is 11.3. The van der Waals surface area contributed by atoms with Crippen LogP contribution in [0.15, 0.2) is 41.2 Å². The van der Waals surface area contributed by atoms with Gasteiger partial charge in [-0.1, -0.05) is 0 Å². The first-order valence-electron chi connectivity index (χ1n) is 13.3. The molecule has 1 aliphatic carbocycles. The van der Waals surface area contributed by atoms with Gasteiger partial charge in [-0.25, -0.2) is 0 Å². The summed E-state index contributed by atoms with van der Waals surface area (Å²) >= 11 is 0. The molecule has 1 aromatic heterocycles. The molecule has 0 amide bonds. The number of rotatable bonds is 0. The highest BCUT2D eigenvalue weighted by Crippen LogP contribution is 2.58. The Morgan fingerprint density at radius 1 is 0.568 bits per heavy atom. The van der Waals surface area contributed by atoms with Crippen molar-refractivity contribution >= 4 is 22.1 Å². The molecule has 0 bridgehead atoms. The highest BCUT2D eigenvalue weighted by Gasteiger charge is 2.47. The van der Waals surface area contributed by atoms with Crippen LogP contribution in [0.25, 0.3) is 22.1 Å². The van der Waals surface area contributed by atoms with Crippen LogP contribution in [0.1, 0.15) is 86.2 Å². The summed E-state index contributed by atoms with van der Waals surface area (Å²) in [5, 5.41) is 1.02. The van der Waals surface area contributed by atoms with Gasteiger partial charge in [-0.15, -0.1) is 0 Å². The van der Waals surface area contributed by atoms with E-state index in [4.69, 9.17) is 9.15 Å². The Hall–Kier alpha value is -3.52. The summed E-state index contributed by atoms with van der Waals surface area (Å²) < 4.78 is 12.1. The Morgan fingerprint density at radius 3 is 1.62 bits per heavy atom. The molecule has 1 aliphatic heterocycles. The van der Waals surface area contributed by atoms with Crippen LogP contribution in [0.4, 0.5) is 0 Å². The topological polar surface area (TPSA) is 22.4 Å². The molecule has 188 valence electrons. The van der Waals surface area contributed by atoms with Crippen LogP contribution in [0.3, 0.4) is 0 Å². The summed E-state index contributed by atoms with van der Waals surface area (Å²) in [4.78, 5) is 0. The lowest BCUT2D eigenvalue weighted by molar-refractivity contribution is 0.448. The Morgan fingerprint density at radius 2 is 1.08 bits per heavy atom. The van der Waals surface area contributed by atoms with Crippen LogP contribution >= 0.6 is 0 Å². The molecule has 1 spiro atoms. The van der Waals surface area contributed by atoms with Crippen LogP contribution in [-0.4, -0.2) is 0 Å². The van der Waals surface area contributed by atoms with Gasteiger partial charge in [0, 0.05) is 5.56 Å². The van der Waals surface area contributed by atoms with E-state index in [0.717, 1.165) is 16.7 Å². The minimum Gasteiger partial charge on any atom is -0.464 e. The van der Waals surface area contributed by atoms with Gasteiger partial charge in [0.15, 0.2) is 0 Å². The van der Waals surface area contributed by atoms with Crippen molar-refractivity contribution < 1.29 is 9.15 Å². The van der Waals surface area contributed by atoms with Gasteiger partial charge in [-0.3, -0.25) is 0 Å².